The molecule has 0 aromatic heterocycles. The number of anilines is 1. The number of carbonyl (C=O) groups excluding carboxylic acids is 2. The highest BCUT2D eigenvalue weighted by Crippen LogP contribution is 2.52. The molecule has 3 aliphatic rings. The van der Waals surface area contributed by atoms with Crippen molar-refractivity contribution in [2.75, 3.05) is 4.90 Å². The monoisotopic (exact) mass is 295 g/mol. The van der Waals surface area contributed by atoms with Crippen LogP contribution in [0.4, 0.5) is 5.69 Å². The van der Waals surface area contributed by atoms with E-state index < -0.39 is 23.5 Å². The maximum Gasteiger partial charge on any atom is 0.241 e. The van der Waals surface area contributed by atoms with E-state index >= 15 is 0 Å². The molecular weight excluding hydrogens is 278 g/mol. The van der Waals surface area contributed by atoms with Crippen molar-refractivity contribution in [2.45, 2.75) is 24.5 Å². The Hall–Kier alpha value is -2.20. The third-order valence-corrected chi connectivity index (χ3v) is 4.94. The van der Waals surface area contributed by atoms with Crippen LogP contribution in [0.3, 0.4) is 0 Å². The fourth-order valence-electron chi connectivity index (χ4n) is 3.99. The molecule has 2 amide bonds. The Bertz CT molecular complexity index is 681. The van der Waals surface area contributed by atoms with Gasteiger partial charge in [0.2, 0.25) is 11.8 Å². The summed E-state index contributed by atoms with van der Waals surface area (Å²) in [4.78, 5) is 27.2. The molecule has 2 unspecified atom stereocenters. The van der Waals surface area contributed by atoms with Gasteiger partial charge in [-0.25, -0.2) is 4.90 Å². The average Bonchev–Trinajstić information content (AvgIpc) is 3.19. The zero-order chi connectivity index (χ0) is 15.3. The largest absolute Gasteiger partial charge is 0.362 e. The first kappa shape index (κ1) is 13.5. The molecule has 4 atom stereocenters. The number of fused-ring (bicyclic) bond motifs is 2. The number of rotatable bonds is 2. The van der Waals surface area contributed by atoms with Crippen molar-refractivity contribution in [1.82, 2.24) is 0 Å². The van der Waals surface area contributed by atoms with Gasteiger partial charge in [0.1, 0.15) is 0 Å². The number of nitrogens with zero attached hydrogens (tertiary/aromatic N) is 1. The number of imide groups is 1. The molecule has 0 radical (unpaired) electrons. The van der Waals surface area contributed by atoms with Crippen molar-refractivity contribution in [3.8, 4) is 0 Å². The zero-order valence-electron chi connectivity index (χ0n) is 12.1. The van der Waals surface area contributed by atoms with Gasteiger partial charge in [-0.1, -0.05) is 36.4 Å². The minimum absolute atomic E-state index is 0.155. The lowest BCUT2D eigenvalue weighted by atomic mass is 9.80. The Morgan fingerprint density at radius 2 is 2.00 bits per heavy atom. The number of hydrogen-bond donors (Lipinski definition) is 0. The molecule has 4 nitrogen and oxygen atoms in total. The molecule has 1 spiro atoms. The normalized spacial score (nSPS) is 36.4. The molecule has 2 aliphatic heterocycles. The number of para-hydroxylation sites is 1. The molecule has 4 heteroatoms. The summed E-state index contributed by atoms with van der Waals surface area (Å²) in [6, 6.07) is 9.11. The number of allylic oxidation sites excluding steroid dienone is 1. The number of amides is 2. The van der Waals surface area contributed by atoms with Gasteiger partial charge in [-0.05, 0) is 25.0 Å². The van der Waals surface area contributed by atoms with Gasteiger partial charge in [-0.3, -0.25) is 9.59 Å². The molecule has 1 aliphatic carbocycles. The SMILES string of the molecule is C=C[C@@H]1O[C@]2(C=CCC2)C2C(=O)N(c3ccccc3)C(=O)C21. The third kappa shape index (κ3) is 1.61. The summed E-state index contributed by atoms with van der Waals surface area (Å²) in [6.45, 7) is 3.78. The number of hydrogen-bond acceptors (Lipinski definition) is 3. The molecule has 1 aromatic rings. The van der Waals surface area contributed by atoms with Gasteiger partial charge in [0.05, 0.1) is 29.2 Å². The molecule has 0 bridgehead atoms. The Balaban J connectivity index is 1.80. The summed E-state index contributed by atoms with van der Waals surface area (Å²) in [7, 11) is 0. The van der Waals surface area contributed by atoms with E-state index in [1.807, 2.05) is 30.4 Å². The van der Waals surface area contributed by atoms with Crippen molar-refractivity contribution >= 4 is 17.5 Å². The van der Waals surface area contributed by atoms with E-state index in [4.69, 9.17) is 4.74 Å². The van der Waals surface area contributed by atoms with Crippen LogP contribution >= 0.6 is 0 Å². The van der Waals surface area contributed by atoms with E-state index in [2.05, 4.69) is 6.58 Å². The van der Waals surface area contributed by atoms with Gasteiger partial charge in [0, 0.05) is 0 Å². The van der Waals surface area contributed by atoms with Gasteiger partial charge >= 0.3 is 0 Å². The summed E-state index contributed by atoms with van der Waals surface area (Å²) in [6.07, 6.45) is 6.87. The lowest BCUT2D eigenvalue weighted by Crippen LogP contribution is -2.40. The van der Waals surface area contributed by atoms with Crippen LogP contribution in [0.2, 0.25) is 0 Å². The first-order chi connectivity index (χ1) is 10.7. The molecule has 0 N–H and O–H groups in total. The number of carbonyl (C=O) groups is 2. The van der Waals surface area contributed by atoms with Crippen LogP contribution in [0.1, 0.15) is 12.8 Å². The maximum atomic E-state index is 13.0. The van der Waals surface area contributed by atoms with Crippen LogP contribution in [-0.4, -0.2) is 23.5 Å². The lowest BCUT2D eigenvalue weighted by molar-refractivity contribution is -0.127. The van der Waals surface area contributed by atoms with Crippen LogP contribution in [0.25, 0.3) is 0 Å². The summed E-state index contributed by atoms with van der Waals surface area (Å²) in [5, 5.41) is 0. The second-order valence-electron chi connectivity index (χ2n) is 6.07. The summed E-state index contributed by atoms with van der Waals surface area (Å²) in [5.41, 5.74) is -0.00776. The second-order valence-corrected chi connectivity index (χ2v) is 6.07. The van der Waals surface area contributed by atoms with Crippen molar-refractivity contribution < 1.29 is 14.3 Å². The smallest absolute Gasteiger partial charge is 0.241 e. The molecule has 1 aromatic carbocycles. The standard InChI is InChI=1S/C18H17NO3/c1-2-13-14-15(18(22-13)10-6-7-11-18)17(21)19(16(14)20)12-8-4-3-5-9-12/h2-6,8-10,13-15H,1,7,11H2/t13-,14?,15?,18-/m0/s1. The maximum absolute atomic E-state index is 13.0. The summed E-state index contributed by atoms with van der Waals surface area (Å²) < 4.78 is 6.08. The number of benzene rings is 1. The van der Waals surface area contributed by atoms with Crippen LogP contribution < -0.4 is 4.90 Å². The van der Waals surface area contributed by atoms with E-state index in [9.17, 15) is 9.59 Å². The molecule has 4 rings (SSSR count). The minimum atomic E-state index is -0.639. The Labute approximate surface area is 129 Å². The van der Waals surface area contributed by atoms with Gasteiger partial charge in [0.25, 0.3) is 0 Å². The number of ether oxygens (including phenoxy) is 1. The van der Waals surface area contributed by atoms with Crippen LogP contribution in [-0.2, 0) is 14.3 Å². The molecule has 112 valence electrons. The minimum Gasteiger partial charge on any atom is -0.362 e. The quantitative estimate of drug-likeness (QED) is 0.622. The molecule has 0 saturated carbocycles. The Kier molecular flexibility index (Phi) is 2.84. The fourth-order valence-corrected chi connectivity index (χ4v) is 3.99. The molecule has 2 fully saturated rings. The molecule has 22 heavy (non-hydrogen) atoms. The van der Waals surface area contributed by atoms with Gasteiger partial charge in [0.15, 0.2) is 0 Å². The van der Waals surface area contributed by atoms with Crippen molar-refractivity contribution in [3.05, 3.63) is 55.1 Å². The third-order valence-electron chi connectivity index (χ3n) is 4.94. The first-order valence-electron chi connectivity index (χ1n) is 7.59. The molecule has 2 heterocycles. The van der Waals surface area contributed by atoms with E-state index in [0.717, 1.165) is 12.8 Å². The zero-order valence-corrected chi connectivity index (χ0v) is 12.1. The van der Waals surface area contributed by atoms with E-state index in [-0.39, 0.29) is 11.8 Å². The summed E-state index contributed by atoms with van der Waals surface area (Å²) >= 11 is 0. The highest BCUT2D eigenvalue weighted by Gasteiger charge is 2.65. The van der Waals surface area contributed by atoms with Gasteiger partial charge < -0.3 is 4.74 Å². The van der Waals surface area contributed by atoms with Crippen molar-refractivity contribution in [3.63, 3.8) is 0 Å². The van der Waals surface area contributed by atoms with E-state index in [1.54, 1.807) is 18.2 Å². The Morgan fingerprint density at radius 1 is 1.23 bits per heavy atom. The fraction of sp³-hybridized carbons (Fsp3) is 0.333. The topological polar surface area (TPSA) is 46.6 Å². The molecule has 2 saturated heterocycles. The van der Waals surface area contributed by atoms with E-state index in [0.29, 0.717) is 5.69 Å². The van der Waals surface area contributed by atoms with Crippen LogP contribution in [0, 0.1) is 11.8 Å². The van der Waals surface area contributed by atoms with Crippen molar-refractivity contribution in [1.29, 1.82) is 0 Å². The predicted octanol–water partition coefficient (Wildman–Crippen LogP) is 2.47. The van der Waals surface area contributed by atoms with Crippen LogP contribution in [0.15, 0.2) is 55.1 Å². The highest BCUT2D eigenvalue weighted by molar-refractivity contribution is 6.23. The average molecular weight is 295 g/mol. The highest BCUT2D eigenvalue weighted by atomic mass is 16.5. The second kappa shape index (κ2) is 4.65. The first-order valence-corrected chi connectivity index (χ1v) is 7.59. The lowest BCUT2D eigenvalue weighted by Gasteiger charge is -2.28. The van der Waals surface area contributed by atoms with Crippen molar-refractivity contribution in [2.24, 2.45) is 11.8 Å². The van der Waals surface area contributed by atoms with Gasteiger partial charge in [-0.2, -0.15) is 0 Å². The Morgan fingerprint density at radius 3 is 2.64 bits per heavy atom. The van der Waals surface area contributed by atoms with Gasteiger partial charge in [-0.15, -0.1) is 6.58 Å². The molecular formula is C18H17NO3. The summed E-state index contributed by atoms with van der Waals surface area (Å²) in [5.74, 6) is -1.24. The van der Waals surface area contributed by atoms with Crippen LogP contribution in [0.5, 0.6) is 0 Å². The predicted molar refractivity (Wildman–Crippen MR) is 82.1 cm³/mol. The van der Waals surface area contributed by atoms with E-state index in [1.165, 1.54) is 4.90 Å².